The van der Waals surface area contributed by atoms with E-state index in [1.807, 2.05) is 0 Å². The van der Waals surface area contributed by atoms with Gasteiger partial charge in [0.15, 0.2) is 0 Å². The molecule has 0 bridgehead atoms. The van der Waals surface area contributed by atoms with Crippen LogP contribution in [0.25, 0.3) is 0 Å². The summed E-state index contributed by atoms with van der Waals surface area (Å²) in [7, 11) is 0. The lowest BCUT2D eigenvalue weighted by molar-refractivity contribution is -0.705. The third-order valence-electron chi connectivity index (χ3n) is 7.04. The van der Waals surface area contributed by atoms with E-state index >= 15 is 0 Å². The minimum absolute atomic E-state index is 0.608. The molecule has 1 aromatic heterocycles. The van der Waals surface area contributed by atoms with Crippen molar-refractivity contribution in [1.82, 2.24) is 4.57 Å². The maximum Gasteiger partial charge on any atom is 0.258 e. The fraction of sp³-hybridized carbons (Fsp3) is 0.900. The zero-order valence-corrected chi connectivity index (χ0v) is 22.7. The van der Waals surface area contributed by atoms with Crippen molar-refractivity contribution in [3.05, 3.63) is 18.2 Å². The Kier molecular flexibility index (Phi) is 19.0. The van der Waals surface area contributed by atoms with Crippen molar-refractivity contribution in [2.75, 3.05) is 0 Å². The van der Waals surface area contributed by atoms with Crippen LogP contribution in [0, 0.1) is 0 Å². The molecule has 0 radical (unpaired) electrons. The molecule has 188 valence electrons. The van der Waals surface area contributed by atoms with Gasteiger partial charge in [0.2, 0.25) is 0 Å². The molecule has 0 aliphatic heterocycles. The molecule has 2 heteroatoms. The lowest BCUT2D eigenvalue weighted by Crippen LogP contribution is -2.38. The van der Waals surface area contributed by atoms with Crippen LogP contribution in [-0.2, 0) is 13.1 Å². The van der Waals surface area contributed by atoms with Gasteiger partial charge in [-0.05, 0) is 25.7 Å². The Balaban J connectivity index is 2.15. The highest BCUT2D eigenvalue weighted by Gasteiger charge is 2.19. The first-order valence-corrected chi connectivity index (χ1v) is 14.8. The summed E-state index contributed by atoms with van der Waals surface area (Å²) < 4.78 is 5.09. The number of rotatable bonds is 23. The Morgan fingerprint density at radius 3 is 1.44 bits per heavy atom. The average molecular weight is 448 g/mol. The molecule has 32 heavy (non-hydrogen) atoms. The Morgan fingerprint density at radius 1 is 0.594 bits per heavy atom. The molecular formula is C30H59N2+. The smallest absolute Gasteiger partial charge is 0.234 e. The van der Waals surface area contributed by atoms with Gasteiger partial charge >= 0.3 is 0 Å². The lowest BCUT2D eigenvalue weighted by Gasteiger charge is -2.08. The van der Waals surface area contributed by atoms with Gasteiger partial charge in [-0.25, -0.2) is 9.13 Å². The highest BCUT2D eigenvalue weighted by atomic mass is 15.1. The molecule has 2 nitrogen and oxygen atoms in total. The van der Waals surface area contributed by atoms with E-state index < -0.39 is 0 Å². The van der Waals surface area contributed by atoms with Crippen molar-refractivity contribution >= 4 is 0 Å². The van der Waals surface area contributed by atoms with Crippen molar-refractivity contribution in [3.63, 3.8) is 0 Å². The van der Waals surface area contributed by atoms with Crippen molar-refractivity contribution in [1.29, 1.82) is 0 Å². The number of nitrogens with zero attached hydrogens (tertiary/aromatic N) is 2. The molecule has 0 N–H and O–H groups in total. The van der Waals surface area contributed by atoms with Gasteiger partial charge in [-0.1, -0.05) is 130 Å². The van der Waals surface area contributed by atoms with E-state index in [2.05, 4.69) is 49.2 Å². The maximum atomic E-state index is 2.55. The molecule has 0 unspecified atom stereocenters. The van der Waals surface area contributed by atoms with Crippen molar-refractivity contribution in [2.24, 2.45) is 0 Å². The van der Waals surface area contributed by atoms with Crippen LogP contribution >= 0.6 is 0 Å². The summed E-state index contributed by atoms with van der Waals surface area (Å²) in [5.74, 6) is 2.15. The van der Waals surface area contributed by atoms with E-state index in [1.54, 1.807) is 0 Å². The Bertz CT molecular complexity index is 475. The van der Waals surface area contributed by atoms with Crippen LogP contribution < -0.4 is 4.57 Å². The molecule has 1 aromatic rings. The summed E-state index contributed by atoms with van der Waals surface area (Å²) in [6.45, 7) is 11.7. The van der Waals surface area contributed by atoms with Crippen LogP contribution in [0.15, 0.2) is 12.4 Å². The number of imidazole rings is 1. The van der Waals surface area contributed by atoms with E-state index in [-0.39, 0.29) is 0 Å². The van der Waals surface area contributed by atoms with Crippen LogP contribution in [-0.4, -0.2) is 4.57 Å². The van der Waals surface area contributed by atoms with E-state index in [1.165, 1.54) is 147 Å². The third-order valence-corrected chi connectivity index (χ3v) is 7.04. The monoisotopic (exact) mass is 447 g/mol. The highest BCUT2D eigenvalue weighted by Crippen LogP contribution is 2.15. The third kappa shape index (κ3) is 14.4. The van der Waals surface area contributed by atoms with Gasteiger partial charge in [0.1, 0.15) is 12.4 Å². The minimum Gasteiger partial charge on any atom is -0.234 e. The predicted octanol–water partition coefficient (Wildman–Crippen LogP) is 9.74. The minimum atomic E-state index is 0.608. The van der Waals surface area contributed by atoms with Gasteiger partial charge in [-0.15, -0.1) is 0 Å². The molecule has 0 saturated heterocycles. The van der Waals surface area contributed by atoms with Crippen LogP contribution in [0.3, 0.4) is 0 Å². The Morgan fingerprint density at radius 2 is 1.00 bits per heavy atom. The largest absolute Gasteiger partial charge is 0.258 e. The van der Waals surface area contributed by atoms with Crippen molar-refractivity contribution in [2.45, 2.75) is 175 Å². The summed E-state index contributed by atoms with van der Waals surface area (Å²) in [6, 6.07) is 0. The number of aryl methyl sites for hydroxylation is 2. The van der Waals surface area contributed by atoms with Crippen molar-refractivity contribution in [3.8, 4) is 0 Å². The maximum absolute atomic E-state index is 2.55. The van der Waals surface area contributed by atoms with Crippen LogP contribution in [0.4, 0.5) is 0 Å². The standard InChI is InChI=1S/C30H59N2/c1-5-7-9-11-13-15-17-19-21-23-25-31-27-28-32(30(31)29(3)4)26-24-22-20-18-16-14-12-10-8-6-2/h27-29H,5-26H2,1-4H3/q+1. The molecule has 0 aromatic carbocycles. The van der Waals surface area contributed by atoms with Gasteiger partial charge in [-0.2, -0.15) is 0 Å². The van der Waals surface area contributed by atoms with Gasteiger partial charge < -0.3 is 0 Å². The fourth-order valence-corrected chi connectivity index (χ4v) is 5.06. The zero-order chi connectivity index (χ0) is 23.3. The van der Waals surface area contributed by atoms with Crippen LogP contribution in [0.5, 0.6) is 0 Å². The molecule has 0 saturated carbocycles. The summed E-state index contributed by atoms with van der Waals surface area (Å²) in [5.41, 5.74) is 0. The van der Waals surface area contributed by atoms with Gasteiger partial charge in [-0.3, -0.25) is 0 Å². The summed E-state index contributed by atoms with van der Waals surface area (Å²) in [5, 5.41) is 0. The van der Waals surface area contributed by atoms with E-state index in [9.17, 15) is 0 Å². The highest BCUT2D eigenvalue weighted by molar-refractivity contribution is 4.89. The molecular weight excluding hydrogens is 388 g/mol. The van der Waals surface area contributed by atoms with Gasteiger partial charge in [0.05, 0.1) is 19.0 Å². The van der Waals surface area contributed by atoms with E-state index in [4.69, 9.17) is 0 Å². The zero-order valence-electron chi connectivity index (χ0n) is 22.7. The SMILES string of the molecule is CCCCCCCCCCCCn1cc[n+](CCCCCCCCCCCC)c1C(C)C. The summed E-state index contributed by atoms with van der Waals surface area (Å²) in [4.78, 5) is 0. The predicted molar refractivity (Wildman–Crippen MR) is 142 cm³/mol. The van der Waals surface area contributed by atoms with Crippen molar-refractivity contribution < 1.29 is 4.57 Å². The topological polar surface area (TPSA) is 8.81 Å². The molecule has 0 aliphatic carbocycles. The van der Waals surface area contributed by atoms with Crippen LogP contribution in [0.2, 0.25) is 0 Å². The first kappa shape index (κ1) is 29.2. The normalized spacial score (nSPS) is 11.7. The second kappa shape index (κ2) is 20.8. The Hall–Kier alpha value is -0.790. The number of hydrogen-bond acceptors (Lipinski definition) is 0. The number of hydrogen-bond donors (Lipinski definition) is 0. The molecule has 1 heterocycles. The van der Waals surface area contributed by atoms with E-state index in [0.29, 0.717) is 5.92 Å². The van der Waals surface area contributed by atoms with Crippen LogP contribution in [0.1, 0.15) is 168 Å². The van der Waals surface area contributed by atoms with E-state index in [0.717, 1.165) is 0 Å². The Labute approximate surface area is 202 Å². The lowest BCUT2D eigenvalue weighted by atomic mass is 10.1. The number of unbranched alkanes of at least 4 members (excludes halogenated alkanes) is 18. The first-order chi connectivity index (χ1) is 15.7. The number of aromatic nitrogens is 2. The summed E-state index contributed by atoms with van der Waals surface area (Å²) in [6.07, 6.45) is 33.0. The molecule has 0 amide bonds. The quantitative estimate of drug-likeness (QED) is 0.117. The second-order valence-corrected chi connectivity index (χ2v) is 10.6. The molecule has 0 atom stereocenters. The molecule has 0 fully saturated rings. The average Bonchev–Trinajstić information content (AvgIpc) is 3.19. The second-order valence-electron chi connectivity index (χ2n) is 10.6. The molecule has 0 spiro atoms. The fourth-order valence-electron chi connectivity index (χ4n) is 5.06. The van der Waals surface area contributed by atoms with Gasteiger partial charge in [0, 0.05) is 0 Å². The molecule has 1 rings (SSSR count). The van der Waals surface area contributed by atoms with Gasteiger partial charge in [0.25, 0.3) is 5.82 Å². The molecule has 0 aliphatic rings. The first-order valence-electron chi connectivity index (χ1n) is 14.8. The summed E-state index contributed by atoms with van der Waals surface area (Å²) >= 11 is 0.